The van der Waals surface area contributed by atoms with Gasteiger partial charge in [0, 0.05) is 32.7 Å². The molecule has 0 unspecified atom stereocenters. The zero-order valence-corrected chi connectivity index (χ0v) is 26.3. The highest BCUT2D eigenvalue weighted by Gasteiger charge is 2.19. The second kappa shape index (κ2) is 9.96. The van der Waals surface area contributed by atoms with Crippen LogP contribution in [0.2, 0.25) is 0 Å². The van der Waals surface area contributed by atoms with E-state index in [1.165, 1.54) is 53.9 Å². The quantitative estimate of drug-likeness (QED) is 0.180. The highest BCUT2D eigenvalue weighted by molar-refractivity contribution is 6.33. The molecule has 0 aliphatic carbocycles. The SMILES string of the molecule is c1ccc(-c2nc(-c3ccc4c(c3)c3ccccc3c3cc5c(cc43)oc3c4ccccc4c4ccccc4c53)nc3ccccc23)cc1. The Morgan fingerprint density at radius 2 is 0.898 bits per heavy atom. The average molecular weight is 623 g/mol. The summed E-state index contributed by atoms with van der Waals surface area (Å²) in [4.78, 5) is 10.2. The van der Waals surface area contributed by atoms with Crippen molar-refractivity contribution in [2.75, 3.05) is 0 Å². The Kier molecular flexibility index (Phi) is 5.38. The van der Waals surface area contributed by atoms with Crippen LogP contribution in [0, 0.1) is 0 Å². The highest BCUT2D eigenvalue weighted by atomic mass is 16.3. The molecule has 49 heavy (non-hydrogen) atoms. The lowest BCUT2D eigenvalue weighted by Gasteiger charge is -2.13. The molecule has 11 rings (SSSR count). The number of aromatic nitrogens is 2. The molecule has 0 bridgehead atoms. The topological polar surface area (TPSA) is 38.9 Å². The van der Waals surface area contributed by atoms with Gasteiger partial charge >= 0.3 is 0 Å². The summed E-state index contributed by atoms with van der Waals surface area (Å²) in [7, 11) is 0. The van der Waals surface area contributed by atoms with E-state index in [4.69, 9.17) is 14.4 Å². The Hall–Kier alpha value is -6.58. The van der Waals surface area contributed by atoms with E-state index in [-0.39, 0.29) is 0 Å². The molecular formula is C46H26N2O. The zero-order chi connectivity index (χ0) is 32.1. The van der Waals surface area contributed by atoms with E-state index in [1.807, 2.05) is 12.1 Å². The van der Waals surface area contributed by atoms with Crippen molar-refractivity contribution in [3.8, 4) is 22.6 Å². The van der Waals surface area contributed by atoms with Gasteiger partial charge in [-0.2, -0.15) is 0 Å². The fourth-order valence-corrected chi connectivity index (χ4v) is 8.01. The minimum Gasteiger partial charge on any atom is -0.455 e. The second-order valence-electron chi connectivity index (χ2n) is 12.9. The maximum absolute atomic E-state index is 6.81. The van der Waals surface area contributed by atoms with Crippen molar-refractivity contribution in [2.24, 2.45) is 0 Å². The number of fused-ring (bicyclic) bond motifs is 15. The van der Waals surface area contributed by atoms with Crippen LogP contribution in [-0.2, 0) is 0 Å². The molecule has 9 aromatic carbocycles. The molecule has 0 saturated carbocycles. The zero-order valence-electron chi connectivity index (χ0n) is 26.3. The monoisotopic (exact) mass is 622 g/mol. The van der Waals surface area contributed by atoms with E-state index >= 15 is 0 Å². The minimum absolute atomic E-state index is 0.718. The standard InChI is InChI=1S/C46H26N2O/c1-2-12-27(13-3-1)44-36-20-10-11-21-41(36)47-46(48-44)28-22-23-33-37(24-28)31-16-4-5-17-32(31)38-25-40-42(26-39(33)38)49-45-35-19-9-7-15-30(35)29-14-6-8-18-34(29)43(40)45/h1-26H. The summed E-state index contributed by atoms with van der Waals surface area (Å²) >= 11 is 0. The van der Waals surface area contributed by atoms with Crippen LogP contribution in [0.25, 0.3) is 109 Å². The summed E-state index contributed by atoms with van der Waals surface area (Å²) in [6.45, 7) is 0. The molecule has 0 aliphatic heterocycles. The van der Waals surface area contributed by atoms with E-state index in [9.17, 15) is 0 Å². The van der Waals surface area contributed by atoms with E-state index in [2.05, 4.69) is 146 Å². The Bertz CT molecular complexity index is 3160. The lowest BCUT2D eigenvalue weighted by molar-refractivity contribution is 0.673. The first-order chi connectivity index (χ1) is 24.3. The number of para-hydroxylation sites is 1. The molecule has 3 nitrogen and oxygen atoms in total. The van der Waals surface area contributed by atoms with Crippen molar-refractivity contribution >= 4 is 86.7 Å². The molecule has 2 heterocycles. The van der Waals surface area contributed by atoms with Crippen molar-refractivity contribution in [1.29, 1.82) is 0 Å². The lowest BCUT2D eigenvalue weighted by Crippen LogP contribution is -1.95. The van der Waals surface area contributed by atoms with Gasteiger partial charge in [-0.15, -0.1) is 0 Å². The van der Waals surface area contributed by atoms with Crippen molar-refractivity contribution in [3.63, 3.8) is 0 Å². The van der Waals surface area contributed by atoms with Gasteiger partial charge in [0.1, 0.15) is 11.2 Å². The summed E-state index contributed by atoms with van der Waals surface area (Å²) in [6, 6.07) is 55.9. The number of furan rings is 1. The highest BCUT2D eigenvalue weighted by Crippen LogP contribution is 2.45. The van der Waals surface area contributed by atoms with E-state index < -0.39 is 0 Å². The number of benzene rings is 9. The predicted octanol–water partition coefficient (Wildman–Crippen LogP) is 12.6. The van der Waals surface area contributed by atoms with Crippen LogP contribution in [0.5, 0.6) is 0 Å². The smallest absolute Gasteiger partial charge is 0.160 e. The number of nitrogens with zero attached hydrogens (tertiary/aromatic N) is 2. The van der Waals surface area contributed by atoms with Crippen molar-refractivity contribution in [2.45, 2.75) is 0 Å². The molecule has 0 spiro atoms. The normalized spacial score (nSPS) is 12.1. The van der Waals surface area contributed by atoms with Gasteiger partial charge in [-0.3, -0.25) is 0 Å². The number of rotatable bonds is 2. The molecular weight excluding hydrogens is 597 g/mol. The summed E-state index contributed by atoms with van der Waals surface area (Å²) in [5.41, 5.74) is 5.78. The Morgan fingerprint density at radius 1 is 0.347 bits per heavy atom. The van der Waals surface area contributed by atoms with Crippen LogP contribution >= 0.6 is 0 Å². The van der Waals surface area contributed by atoms with Crippen LogP contribution in [0.3, 0.4) is 0 Å². The molecule has 0 aliphatic rings. The summed E-state index contributed by atoms with van der Waals surface area (Å²) in [5, 5.41) is 15.3. The van der Waals surface area contributed by atoms with Crippen molar-refractivity contribution < 1.29 is 4.42 Å². The Labute approximate surface area is 280 Å². The van der Waals surface area contributed by atoms with Gasteiger partial charge in [-0.1, -0.05) is 133 Å². The Balaban J connectivity index is 1.22. The van der Waals surface area contributed by atoms with E-state index in [0.29, 0.717) is 0 Å². The first kappa shape index (κ1) is 26.5. The maximum atomic E-state index is 6.81. The molecule has 0 amide bonds. The van der Waals surface area contributed by atoms with E-state index in [0.717, 1.165) is 55.5 Å². The molecule has 2 aromatic heterocycles. The Morgan fingerprint density at radius 3 is 1.65 bits per heavy atom. The van der Waals surface area contributed by atoms with E-state index in [1.54, 1.807) is 0 Å². The van der Waals surface area contributed by atoms with Gasteiger partial charge in [-0.25, -0.2) is 9.97 Å². The largest absolute Gasteiger partial charge is 0.455 e. The second-order valence-corrected chi connectivity index (χ2v) is 12.9. The number of hydrogen-bond acceptors (Lipinski definition) is 3. The number of hydrogen-bond donors (Lipinski definition) is 0. The molecule has 226 valence electrons. The third kappa shape index (κ3) is 3.78. The van der Waals surface area contributed by atoms with Gasteiger partial charge in [0.25, 0.3) is 0 Å². The van der Waals surface area contributed by atoms with Crippen LogP contribution in [0.1, 0.15) is 0 Å². The van der Waals surface area contributed by atoms with Crippen LogP contribution in [0.4, 0.5) is 0 Å². The van der Waals surface area contributed by atoms with Crippen LogP contribution < -0.4 is 0 Å². The summed E-state index contributed by atoms with van der Waals surface area (Å²) in [6.07, 6.45) is 0. The third-order valence-electron chi connectivity index (χ3n) is 10.2. The minimum atomic E-state index is 0.718. The first-order valence-electron chi connectivity index (χ1n) is 16.7. The fourth-order valence-electron chi connectivity index (χ4n) is 8.01. The molecule has 11 aromatic rings. The molecule has 0 radical (unpaired) electrons. The van der Waals surface area contributed by atoms with Crippen molar-refractivity contribution in [3.05, 3.63) is 158 Å². The van der Waals surface area contributed by atoms with Crippen molar-refractivity contribution in [1.82, 2.24) is 9.97 Å². The fraction of sp³-hybridized carbons (Fsp3) is 0. The van der Waals surface area contributed by atoms with Crippen LogP contribution in [0.15, 0.2) is 162 Å². The van der Waals surface area contributed by atoms with Crippen LogP contribution in [-0.4, -0.2) is 9.97 Å². The van der Waals surface area contributed by atoms with Gasteiger partial charge in [0.2, 0.25) is 0 Å². The average Bonchev–Trinajstić information content (AvgIpc) is 3.56. The lowest BCUT2D eigenvalue weighted by atomic mass is 9.91. The third-order valence-corrected chi connectivity index (χ3v) is 10.2. The summed E-state index contributed by atoms with van der Waals surface area (Å²) in [5.74, 6) is 0.718. The predicted molar refractivity (Wildman–Crippen MR) is 205 cm³/mol. The summed E-state index contributed by atoms with van der Waals surface area (Å²) < 4.78 is 6.81. The molecule has 0 atom stereocenters. The van der Waals surface area contributed by atoms with Gasteiger partial charge < -0.3 is 4.42 Å². The van der Waals surface area contributed by atoms with Gasteiger partial charge in [-0.05, 0) is 72.7 Å². The maximum Gasteiger partial charge on any atom is 0.160 e. The van der Waals surface area contributed by atoms with Gasteiger partial charge in [0.05, 0.1) is 11.2 Å². The molecule has 3 heteroatoms. The molecule has 0 fully saturated rings. The molecule has 0 N–H and O–H groups in total. The van der Waals surface area contributed by atoms with Gasteiger partial charge in [0.15, 0.2) is 5.82 Å². The molecule has 0 saturated heterocycles. The first-order valence-corrected chi connectivity index (χ1v) is 16.7.